The average Bonchev–Trinajstić information content (AvgIpc) is 2.41. The van der Waals surface area contributed by atoms with Gasteiger partial charge in [0, 0.05) is 31.2 Å². The first-order valence-corrected chi connectivity index (χ1v) is 4.06. The van der Waals surface area contributed by atoms with Crippen molar-refractivity contribution >= 4 is 11.5 Å². The van der Waals surface area contributed by atoms with E-state index >= 15 is 0 Å². The Kier molecular flexibility index (Phi) is 3.35. The lowest BCUT2D eigenvalue weighted by Gasteiger charge is -1.97. The maximum absolute atomic E-state index is 5.29. The number of hydrogen-bond acceptors (Lipinski definition) is 4. The molecule has 0 atom stereocenters. The van der Waals surface area contributed by atoms with Crippen LogP contribution in [-0.2, 0) is 6.54 Å². The van der Waals surface area contributed by atoms with Crippen molar-refractivity contribution in [1.29, 1.82) is 0 Å². The monoisotopic (exact) mass is 157 g/mol. The van der Waals surface area contributed by atoms with E-state index in [4.69, 9.17) is 5.73 Å². The molecular formula is C6H11N3S. The fourth-order valence-corrected chi connectivity index (χ4v) is 1.19. The Hall–Kier alpha value is -0.450. The fraction of sp³-hybridized carbons (Fsp3) is 0.500. The zero-order valence-corrected chi connectivity index (χ0v) is 6.53. The lowest BCUT2D eigenvalue weighted by atomic mass is 10.4. The van der Waals surface area contributed by atoms with Crippen molar-refractivity contribution in [1.82, 2.24) is 9.69 Å². The van der Waals surface area contributed by atoms with Crippen LogP contribution in [0.4, 0.5) is 0 Å². The molecule has 0 aliphatic heterocycles. The second-order valence-electron chi connectivity index (χ2n) is 2.00. The summed E-state index contributed by atoms with van der Waals surface area (Å²) in [6.07, 6.45) is 1.87. The lowest BCUT2D eigenvalue weighted by Crippen LogP contribution is -2.21. The van der Waals surface area contributed by atoms with Gasteiger partial charge in [0.2, 0.25) is 0 Å². The molecule has 3 nitrogen and oxygen atoms in total. The maximum Gasteiger partial charge on any atom is 0.0451 e. The molecular weight excluding hydrogens is 146 g/mol. The molecule has 4 heteroatoms. The van der Waals surface area contributed by atoms with Gasteiger partial charge in [-0.05, 0) is 17.1 Å². The van der Waals surface area contributed by atoms with E-state index < -0.39 is 0 Å². The van der Waals surface area contributed by atoms with Crippen LogP contribution in [0.3, 0.4) is 0 Å². The minimum atomic E-state index is 0.692. The first kappa shape index (κ1) is 7.65. The molecule has 0 bridgehead atoms. The zero-order chi connectivity index (χ0) is 7.23. The smallest absolute Gasteiger partial charge is 0.0451 e. The third kappa shape index (κ3) is 2.43. The van der Waals surface area contributed by atoms with Crippen LogP contribution in [0.2, 0.25) is 0 Å². The number of rotatable bonds is 4. The van der Waals surface area contributed by atoms with Crippen molar-refractivity contribution in [2.24, 2.45) is 5.73 Å². The highest BCUT2D eigenvalue weighted by Crippen LogP contribution is 1.99. The van der Waals surface area contributed by atoms with Crippen LogP contribution in [0.25, 0.3) is 0 Å². The van der Waals surface area contributed by atoms with Gasteiger partial charge in [-0.25, -0.2) is 4.37 Å². The summed E-state index contributed by atoms with van der Waals surface area (Å²) in [5.41, 5.74) is 6.53. The Morgan fingerprint density at radius 1 is 1.70 bits per heavy atom. The van der Waals surface area contributed by atoms with Gasteiger partial charge in [-0.2, -0.15) is 0 Å². The first-order chi connectivity index (χ1) is 4.93. The molecule has 0 unspecified atom stereocenters. The van der Waals surface area contributed by atoms with E-state index in [0.29, 0.717) is 6.54 Å². The molecule has 0 saturated carbocycles. The first-order valence-electron chi connectivity index (χ1n) is 3.22. The summed E-state index contributed by atoms with van der Waals surface area (Å²) >= 11 is 1.48. The van der Waals surface area contributed by atoms with Gasteiger partial charge in [-0.15, -0.1) is 0 Å². The van der Waals surface area contributed by atoms with Crippen molar-refractivity contribution in [2.75, 3.05) is 13.1 Å². The molecule has 10 heavy (non-hydrogen) atoms. The van der Waals surface area contributed by atoms with Crippen molar-refractivity contribution in [3.63, 3.8) is 0 Å². The van der Waals surface area contributed by atoms with Gasteiger partial charge in [0.15, 0.2) is 0 Å². The second kappa shape index (κ2) is 4.38. The molecule has 56 valence electrons. The van der Waals surface area contributed by atoms with Crippen LogP contribution < -0.4 is 11.1 Å². The minimum Gasteiger partial charge on any atom is -0.329 e. The predicted molar refractivity (Wildman–Crippen MR) is 42.9 cm³/mol. The fourth-order valence-electron chi connectivity index (χ4n) is 0.649. The summed E-state index contributed by atoms with van der Waals surface area (Å²) in [6, 6.07) is 0. The summed E-state index contributed by atoms with van der Waals surface area (Å²) in [7, 11) is 0. The standard InChI is InChI=1S/C6H11N3S/c7-1-2-8-3-6-4-9-10-5-6/h4-5,8H,1-3,7H2. The van der Waals surface area contributed by atoms with Crippen LogP contribution in [-0.4, -0.2) is 17.5 Å². The SMILES string of the molecule is NCCNCc1cnsc1. The maximum atomic E-state index is 5.29. The molecule has 0 aliphatic carbocycles. The molecule has 3 N–H and O–H groups in total. The Morgan fingerprint density at radius 3 is 3.20 bits per heavy atom. The quantitative estimate of drug-likeness (QED) is 0.613. The number of nitrogens with zero attached hydrogens (tertiary/aromatic N) is 1. The zero-order valence-electron chi connectivity index (χ0n) is 5.71. The van der Waals surface area contributed by atoms with E-state index in [1.807, 2.05) is 11.6 Å². The summed E-state index contributed by atoms with van der Waals surface area (Å²) in [6.45, 7) is 2.45. The molecule has 0 aliphatic rings. The largest absolute Gasteiger partial charge is 0.329 e. The lowest BCUT2D eigenvalue weighted by molar-refractivity contribution is 0.695. The van der Waals surface area contributed by atoms with Gasteiger partial charge in [0.25, 0.3) is 0 Å². The summed E-state index contributed by atoms with van der Waals surface area (Å²) < 4.78 is 3.97. The van der Waals surface area contributed by atoms with Crippen molar-refractivity contribution < 1.29 is 0 Å². The molecule has 0 spiro atoms. The number of aromatic nitrogens is 1. The minimum absolute atomic E-state index is 0.692. The molecule has 0 fully saturated rings. The number of nitrogens with two attached hydrogens (primary N) is 1. The van der Waals surface area contributed by atoms with Gasteiger partial charge in [0.1, 0.15) is 0 Å². The van der Waals surface area contributed by atoms with Crippen LogP contribution in [0.5, 0.6) is 0 Å². The van der Waals surface area contributed by atoms with E-state index in [0.717, 1.165) is 13.1 Å². The van der Waals surface area contributed by atoms with Gasteiger partial charge in [-0.1, -0.05) is 0 Å². The van der Waals surface area contributed by atoms with Crippen LogP contribution in [0.1, 0.15) is 5.56 Å². The van der Waals surface area contributed by atoms with Gasteiger partial charge in [-0.3, -0.25) is 0 Å². The van der Waals surface area contributed by atoms with Crippen LogP contribution in [0, 0.1) is 0 Å². The Bertz CT molecular complexity index is 162. The predicted octanol–water partition coefficient (Wildman–Crippen LogP) is 0.191. The van der Waals surface area contributed by atoms with Crippen molar-refractivity contribution in [3.05, 3.63) is 17.1 Å². The summed E-state index contributed by atoms with van der Waals surface area (Å²) in [4.78, 5) is 0. The molecule has 1 heterocycles. The van der Waals surface area contributed by atoms with Crippen LogP contribution in [0.15, 0.2) is 11.6 Å². The Labute approximate surface area is 64.4 Å². The molecule has 0 aromatic carbocycles. The summed E-state index contributed by atoms with van der Waals surface area (Å²) in [5.74, 6) is 0. The van der Waals surface area contributed by atoms with Gasteiger partial charge in [0.05, 0.1) is 0 Å². The van der Waals surface area contributed by atoms with E-state index in [1.165, 1.54) is 17.1 Å². The van der Waals surface area contributed by atoms with Gasteiger partial charge >= 0.3 is 0 Å². The molecule has 0 saturated heterocycles. The van der Waals surface area contributed by atoms with E-state index in [2.05, 4.69) is 9.69 Å². The third-order valence-electron chi connectivity index (χ3n) is 1.13. The highest BCUT2D eigenvalue weighted by atomic mass is 32.1. The van der Waals surface area contributed by atoms with Gasteiger partial charge < -0.3 is 11.1 Å². The topological polar surface area (TPSA) is 50.9 Å². The molecule has 0 amide bonds. The number of nitrogens with one attached hydrogen (secondary N) is 1. The van der Waals surface area contributed by atoms with E-state index in [-0.39, 0.29) is 0 Å². The van der Waals surface area contributed by atoms with Crippen LogP contribution >= 0.6 is 11.5 Å². The number of hydrogen-bond donors (Lipinski definition) is 2. The normalized spacial score (nSPS) is 10.1. The molecule has 0 radical (unpaired) electrons. The highest BCUT2D eigenvalue weighted by Gasteiger charge is 1.90. The highest BCUT2D eigenvalue weighted by molar-refractivity contribution is 7.03. The third-order valence-corrected chi connectivity index (χ3v) is 1.77. The Morgan fingerprint density at radius 2 is 2.60 bits per heavy atom. The average molecular weight is 157 g/mol. The van der Waals surface area contributed by atoms with E-state index in [9.17, 15) is 0 Å². The van der Waals surface area contributed by atoms with E-state index in [1.54, 1.807) is 0 Å². The van der Waals surface area contributed by atoms with Crippen molar-refractivity contribution in [2.45, 2.75) is 6.54 Å². The van der Waals surface area contributed by atoms with Crippen molar-refractivity contribution in [3.8, 4) is 0 Å². The molecule has 1 aromatic rings. The summed E-state index contributed by atoms with van der Waals surface area (Å²) in [5, 5.41) is 5.21. The second-order valence-corrected chi connectivity index (χ2v) is 2.66. The molecule has 1 aromatic heterocycles. The Balaban J connectivity index is 2.15. The molecule has 1 rings (SSSR count).